The summed E-state index contributed by atoms with van der Waals surface area (Å²) in [4.78, 5) is 71.6. The summed E-state index contributed by atoms with van der Waals surface area (Å²) in [7, 11) is 0. The zero-order valence-electron chi connectivity index (χ0n) is 23.9. The lowest BCUT2D eigenvalue weighted by Crippen LogP contribution is -2.16. The van der Waals surface area contributed by atoms with E-state index in [0.717, 1.165) is 35.7 Å². The second-order valence-corrected chi connectivity index (χ2v) is 10.7. The molecule has 0 fully saturated rings. The van der Waals surface area contributed by atoms with E-state index in [1.165, 1.54) is 6.07 Å². The van der Waals surface area contributed by atoms with Gasteiger partial charge in [-0.15, -0.1) is 0 Å². The number of nitrogens with zero attached hydrogens (tertiary/aromatic N) is 2. The lowest BCUT2D eigenvalue weighted by Gasteiger charge is -2.15. The van der Waals surface area contributed by atoms with Crippen LogP contribution in [0.15, 0.2) is 51.0 Å². The van der Waals surface area contributed by atoms with E-state index >= 15 is 0 Å². The molecule has 1 aromatic carbocycles. The highest BCUT2D eigenvalue weighted by molar-refractivity contribution is 8.24. The maximum Gasteiger partial charge on any atom is 0.330 e. The van der Waals surface area contributed by atoms with Gasteiger partial charge >= 0.3 is 35.8 Å². The minimum absolute atomic E-state index is 0.0421. The summed E-state index contributed by atoms with van der Waals surface area (Å²) in [5.41, 5.74) is 0.145. The molecule has 0 saturated heterocycles. The summed E-state index contributed by atoms with van der Waals surface area (Å²) in [6.07, 6.45) is 0.553. The Morgan fingerprint density at radius 2 is 1.16 bits per heavy atom. The molecule has 0 saturated carbocycles. The summed E-state index contributed by atoms with van der Waals surface area (Å²) < 4.78 is 30.4. The van der Waals surface area contributed by atoms with E-state index in [0.29, 0.717) is 15.4 Å². The molecule has 1 aliphatic heterocycles. The molecule has 1 heterocycles. The molecule has 1 aliphatic rings. The van der Waals surface area contributed by atoms with E-state index in [9.17, 15) is 39.3 Å². The zero-order valence-corrected chi connectivity index (χ0v) is 25.5. The average molecular weight is 659 g/mol. The molecule has 0 N–H and O–H groups in total. The van der Waals surface area contributed by atoms with Gasteiger partial charge in [-0.3, -0.25) is 19.2 Å². The number of fused-ring (bicyclic) bond motifs is 1. The molecule has 236 valence electrons. The normalized spacial score (nSPS) is 11.0. The first-order valence-corrected chi connectivity index (χ1v) is 14.5. The Morgan fingerprint density at radius 1 is 0.711 bits per heavy atom. The second kappa shape index (κ2) is 18.6. The van der Waals surface area contributed by atoms with Crippen molar-refractivity contribution in [1.82, 2.24) is 0 Å². The van der Waals surface area contributed by atoms with Crippen LogP contribution in [-0.2, 0) is 47.7 Å². The first-order valence-electron chi connectivity index (χ1n) is 12.9. The molecule has 45 heavy (non-hydrogen) atoms. The van der Waals surface area contributed by atoms with Gasteiger partial charge in [-0.25, -0.2) is 9.59 Å². The fourth-order valence-corrected chi connectivity index (χ4v) is 5.69. The minimum Gasteiger partial charge on any atom is -0.462 e. The van der Waals surface area contributed by atoms with Crippen molar-refractivity contribution in [2.24, 2.45) is 0 Å². The van der Waals surface area contributed by atoms with Gasteiger partial charge in [-0.2, -0.15) is 10.5 Å². The summed E-state index contributed by atoms with van der Waals surface area (Å²) in [6.45, 7) is 7.26. The maximum absolute atomic E-state index is 12.6. The molecule has 0 spiro atoms. The van der Waals surface area contributed by atoms with Gasteiger partial charge < -0.3 is 28.4 Å². The van der Waals surface area contributed by atoms with Crippen LogP contribution in [-0.4, -0.2) is 62.2 Å². The number of aryl methyl sites for hydroxylation is 1. The van der Waals surface area contributed by atoms with Gasteiger partial charge in [0.2, 0.25) is 0 Å². The van der Waals surface area contributed by atoms with Crippen LogP contribution in [0.4, 0.5) is 0 Å². The van der Waals surface area contributed by atoms with Crippen molar-refractivity contribution in [3.05, 3.63) is 46.8 Å². The number of carbonyl (C=O) groups is 6. The highest BCUT2D eigenvalue weighted by atomic mass is 32.2. The van der Waals surface area contributed by atoms with Crippen molar-refractivity contribution in [1.29, 1.82) is 10.5 Å². The number of allylic oxidation sites excluding steroid dienone is 1. The Morgan fingerprint density at radius 3 is 1.64 bits per heavy atom. The Balaban J connectivity index is 2.08. The number of ether oxygens (including phenoxy) is 6. The Kier molecular flexibility index (Phi) is 14.9. The number of esters is 6. The molecule has 0 unspecified atom stereocenters. The molecule has 16 heteroatoms. The first kappa shape index (κ1) is 36.1. The van der Waals surface area contributed by atoms with Gasteiger partial charge in [0.15, 0.2) is 0 Å². The largest absolute Gasteiger partial charge is 0.462 e. The predicted molar refractivity (Wildman–Crippen MR) is 155 cm³/mol. The number of nitriles is 2. The van der Waals surface area contributed by atoms with Crippen molar-refractivity contribution < 1.29 is 57.2 Å². The highest BCUT2D eigenvalue weighted by Gasteiger charge is 2.32. The molecule has 0 aromatic heterocycles. The molecule has 0 radical (unpaired) electrons. The van der Waals surface area contributed by atoms with E-state index < -0.39 is 35.8 Å². The van der Waals surface area contributed by atoms with Crippen LogP contribution in [0.1, 0.15) is 31.2 Å². The van der Waals surface area contributed by atoms with Crippen molar-refractivity contribution in [3.63, 3.8) is 0 Å². The molecule has 0 amide bonds. The van der Waals surface area contributed by atoms with E-state index in [1.807, 2.05) is 0 Å². The third-order valence-corrected chi connectivity index (χ3v) is 7.79. The third-order valence-electron chi connectivity index (χ3n) is 5.18. The minimum atomic E-state index is -0.794. The topological polar surface area (TPSA) is 205 Å². The molecular weight excluding hydrogens is 632 g/mol. The van der Waals surface area contributed by atoms with Crippen LogP contribution in [0.5, 0.6) is 11.5 Å². The fourth-order valence-electron chi connectivity index (χ4n) is 3.14. The summed E-state index contributed by atoms with van der Waals surface area (Å²) in [5.74, 6) is -4.28. The van der Waals surface area contributed by atoms with Gasteiger partial charge in [-0.1, -0.05) is 36.7 Å². The number of hydrogen-bond donors (Lipinski definition) is 0. The smallest absolute Gasteiger partial charge is 0.330 e. The number of hydrogen-bond acceptors (Lipinski definition) is 16. The molecular formula is C29H26N2O12S2. The summed E-state index contributed by atoms with van der Waals surface area (Å²) in [5, 5.41) is 18.7. The Hall–Kier alpha value is -5.06. The van der Waals surface area contributed by atoms with E-state index in [4.69, 9.17) is 18.9 Å². The number of carbonyl (C=O) groups excluding carboxylic acids is 6. The second-order valence-electron chi connectivity index (χ2n) is 8.40. The first-order chi connectivity index (χ1) is 21.5. The molecule has 14 nitrogen and oxygen atoms in total. The number of benzene rings is 1. The average Bonchev–Trinajstić information content (AvgIpc) is 3.47. The van der Waals surface area contributed by atoms with E-state index in [1.54, 1.807) is 19.1 Å². The van der Waals surface area contributed by atoms with Gasteiger partial charge in [0.25, 0.3) is 0 Å². The standard InChI is InChI=1S/C29H26N2O12S2/c1-4-20(32)38-10-12-40-22(34)6-8-24(36)42-19-14-17(3)26(28-27(19)44-29(45-28)18(15-30)16-31)43-25(37)9-7-23(35)41-13-11-39-21(33)5-2/h4-5,14H,1-2,6-13H2,3H3. The quantitative estimate of drug-likeness (QED) is 0.0623. The highest BCUT2D eigenvalue weighted by Crippen LogP contribution is 2.59. The van der Waals surface area contributed by atoms with Gasteiger partial charge in [0.1, 0.15) is 55.6 Å². The lowest BCUT2D eigenvalue weighted by molar-refractivity contribution is -0.151. The van der Waals surface area contributed by atoms with Crippen LogP contribution in [0, 0.1) is 29.6 Å². The van der Waals surface area contributed by atoms with Crippen molar-refractivity contribution >= 4 is 59.3 Å². The van der Waals surface area contributed by atoms with Crippen LogP contribution in [0.3, 0.4) is 0 Å². The van der Waals surface area contributed by atoms with Crippen molar-refractivity contribution in [2.75, 3.05) is 26.4 Å². The van der Waals surface area contributed by atoms with Crippen LogP contribution < -0.4 is 9.47 Å². The SMILES string of the molecule is C=CC(=O)OCCOC(=O)CCC(=O)Oc1cc(C)c(OC(=O)CCC(=O)OCCOC(=O)C=C)c2c1SC(=C(C#N)C#N)S2. The zero-order chi connectivity index (χ0) is 33.4. The van der Waals surface area contributed by atoms with Crippen molar-refractivity contribution in [2.45, 2.75) is 42.4 Å². The predicted octanol–water partition coefficient (Wildman–Crippen LogP) is 3.37. The summed E-state index contributed by atoms with van der Waals surface area (Å²) in [6, 6.07) is 4.98. The Bertz CT molecular complexity index is 1490. The van der Waals surface area contributed by atoms with Gasteiger partial charge in [0.05, 0.1) is 39.7 Å². The van der Waals surface area contributed by atoms with Gasteiger partial charge in [0, 0.05) is 12.2 Å². The van der Waals surface area contributed by atoms with Crippen LogP contribution in [0.2, 0.25) is 0 Å². The lowest BCUT2D eigenvalue weighted by atomic mass is 10.2. The molecule has 2 rings (SSSR count). The number of thioether (sulfide) groups is 2. The molecule has 1 aromatic rings. The molecule has 0 atom stereocenters. The van der Waals surface area contributed by atoms with Crippen molar-refractivity contribution in [3.8, 4) is 23.6 Å². The molecule has 0 aliphatic carbocycles. The van der Waals surface area contributed by atoms with Crippen LogP contribution in [0.25, 0.3) is 0 Å². The summed E-state index contributed by atoms with van der Waals surface area (Å²) >= 11 is 1.93. The van der Waals surface area contributed by atoms with E-state index in [-0.39, 0.29) is 73.4 Å². The third kappa shape index (κ3) is 11.9. The number of rotatable bonds is 16. The monoisotopic (exact) mass is 658 g/mol. The van der Waals surface area contributed by atoms with Gasteiger partial charge in [-0.05, 0) is 18.6 Å². The maximum atomic E-state index is 12.6. The van der Waals surface area contributed by atoms with Crippen LogP contribution >= 0.6 is 23.5 Å². The fraction of sp³-hybridized carbons (Fsp3) is 0.310. The Labute approximate surface area is 265 Å². The van der Waals surface area contributed by atoms with E-state index in [2.05, 4.69) is 22.6 Å². The molecule has 0 bridgehead atoms.